The Balaban J connectivity index is 1.43. The second kappa shape index (κ2) is 8.14. The van der Waals surface area contributed by atoms with E-state index in [-0.39, 0.29) is 23.9 Å². The van der Waals surface area contributed by atoms with Crippen LogP contribution in [-0.2, 0) is 21.2 Å². The van der Waals surface area contributed by atoms with Crippen LogP contribution in [-0.4, -0.2) is 49.7 Å². The molecule has 150 valence electrons. The molecule has 4 rings (SSSR count). The van der Waals surface area contributed by atoms with E-state index < -0.39 is 10.0 Å². The van der Waals surface area contributed by atoms with Crippen LogP contribution in [0.5, 0.6) is 0 Å². The molecule has 1 amide bonds. The van der Waals surface area contributed by atoms with Crippen LogP contribution in [0, 0.1) is 0 Å². The predicted molar refractivity (Wildman–Crippen MR) is 114 cm³/mol. The predicted octanol–water partition coefficient (Wildman–Crippen LogP) is 3.57. The van der Waals surface area contributed by atoms with Crippen LogP contribution in [0.3, 0.4) is 0 Å². The molecule has 1 aliphatic heterocycles. The molecular formula is C22H21ClN2O3S. The van der Waals surface area contributed by atoms with E-state index in [2.05, 4.69) is 0 Å². The summed E-state index contributed by atoms with van der Waals surface area (Å²) in [4.78, 5) is 14.7. The number of nitrogens with zero attached hydrogens (tertiary/aromatic N) is 2. The number of piperazine rings is 1. The smallest absolute Gasteiger partial charge is 0.243 e. The minimum atomic E-state index is -3.61. The van der Waals surface area contributed by atoms with E-state index in [0.717, 1.165) is 16.3 Å². The van der Waals surface area contributed by atoms with Gasteiger partial charge in [-0.15, -0.1) is 0 Å². The molecule has 1 saturated heterocycles. The fourth-order valence-corrected chi connectivity index (χ4v) is 5.40. The minimum Gasteiger partial charge on any atom is -0.340 e. The van der Waals surface area contributed by atoms with Crippen molar-refractivity contribution in [1.29, 1.82) is 0 Å². The molecule has 3 aromatic rings. The average Bonchev–Trinajstić information content (AvgIpc) is 2.74. The van der Waals surface area contributed by atoms with E-state index in [1.807, 2.05) is 42.5 Å². The summed E-state index contributed by atoms with van der Waals surface area (Å²) in [5.41, 5.74) is 0.988. The number of sulfonamides is 1. The topological polar surface area (TPSA) is 57.7 Å². The van der Waals surface area contributed by atoms with Gasteiger partial charge in [-0.25, -0.2) is 8.42 Å². The Morgan fingerprint density at radius 2 is 1.59 bits per heavy atom. The zero-order valence-electron chi connectivity index (χ0n) is 15.8. The SMILES string of the molecule is O=C(Cc1cccc2ccccc12)N1CCN(S(=O)(=O)c2cccc(Cl)c2)CC1. The lowest BCUT2D eigenvalue weighted by atomic mass is 10.0. The number of carbonyl (C=O) groups excluding carboxylic acids is 1. The second-order valence-electron chi connectivity index (χ2n) is 7.06. The fourth-order valence-electron chi connectivity index (χ4n) is 3.68. The highest BCUT2D eigenvalue weighted by Crippen LogP contribution is 2.22. The van der Waals surface area contributed by atoms with E-state index in [1.165, 1.54) is 10.4 Å². The van der Waals surface area contributed by atoms with E-state index >= 15 is 0 Å². The third-order valence-corrected chi connectivity index (χ3v) is 7.38. The first-order valence-corrected chi connectivity index (χ1v) is 11.3. The lowest BCUT2D eigenvalue weighted by molar-refractivity contribution is -0.131. The first-order chi connectivity index (χ1) is 13.9. The molecule has 29 heavy (non-hydrogen) atoms. The van der Waals surface area contributed by atoms with Gasteiger partial charge in [0.1, 0.15) is 0 Å². The lowest BCUT2D eigenvalue weighted by Gasteiger charge is -2.34. The number of halogens is 1. The van der Waals surface area contributed by atoms with Gasteiger partial charge in [-0.1, -0.05) is 60.1 Å². The number of carbonyl (C=O) groups is 1. The van der Waals surface area contributed by atoms with E-state index in [4.69, 9.17) is 11.6 Å². The number of benzene rings is 3. The molecule has 1 heterocycles. The van der Waals surface area contributed by atoms with Gasteiger partial charge in [0.25, 0.3) is 0 Å². The molecule has 7 heteroatoms. The molecule has 0 spiro atoms. The first kappa shape index (κ1) is 19.9. The van der Waals surface area contributed by atoms with E-state index in [9.17, 15) is 13.2 Å². The Labute approximate surface area is 175 Å². The van der Waals surface area contributed by atoms with Gasteiger partial charge in [-0.05, 0) is 34.5 Å². The number of hydrogen-bond donors (Lipinski definition) is 0. The van der Waals surface area contributed by atoms with Crippen LogP contribution < -0.4 is 0 Å². The molecule has 5 nitrogen and oxygen atoms in total. The maximum Gasteiger partial charge on any atom is 0.243 e. The van der Waals surface area contributed by atoms with E-state index in [1.54, 1.807) is 23.1 Å². The Hall–Kier alpha value is -2.41. The molecule has 0 atom stereocenters. The zero-order chi connectivity index (χ0) is 20.4. The standard InChI is InChI=1S/C22H21ClN2O3S/c23-19-8-4-9-20(16-19)29(27,28)25-13-11-24(12-14-25)22(26)15-18-7-3-6-17-5-1-2-10-21(17)18/h1-10,16H,11-15H2. The summed E-state index contributed by atoms with van der Waals surface area (Å²) < 4.78 is 27.1. The molecule has 0 N–H and O–H groups in total. The van der Waals surface area contributed by atoms with Gasteiger partial charge in [-0.2, -0.15) is 4.31 Å². The Morgan fingerprint density at radius 3 is 2.34 bits per heavy atom. The Morgan fingerprint density at radius 1 is 0.897 bits per heavy atom. The molecule has 0 aliphatic carbocycles. The third kappa shape index (κ3) is 4.15. The average molecular weight is 429 g/mol. The maximum atomic E-state index is 12.8. The Bertz CT molecular complexity index is 1150. The quantitative estimate of drug-likeness (QED) is 0.638. The number of fused-ring (bicyclic) bond motifs is 1. The molecule has 0 saturated carbocycles. The highest BCUT2D eigenvalue weighted by molar-refractivity contribution is 7.89. The van der Waals surface area contributed by atoms with Crippen molar-refractivity contribution in [1.82, 2.24) is 9.21 Å². The van der Waals surface area contributed by atoms with Crippen molar-refractivity contribution >= 4 is 38.3 Å². The van der Waals surface area contributed by atoms with Gasteiger partial charge < -0.3 is 4.90 Å². The van der Waals surface area contributed by atoms with Gasteiger partial charge in [0.15, 0.2) is 0 Å². The van der Waals surface area contributed by atoms with Crippen LogP contribution >= 0.6 is 11.6 Å². The highest BCUT2D eigenvalue weighted by Gasteiger charge is 2.30. The molecule has 3 aromatic carbocycles. The summed E-state index contributed by atoms with van der Waals surface area (Å²) >= 11 is 5.94. The third-order valence-electron chi connectivity index (χ3n) is 5.25. The van der Waals surface area contributed by atoms with Gasteiger partial charge >= 0.3 is 0 Å². The molecule has 1 aliphatic rings. The van der Waals surface area contributed by atoms with Crippen molar-refractivity contribution in [2.45, 2.75) is 11.3 Å². The van der Waals surface area contributed by atoms with Crippen molar-refractivity contribution in [2.75, 3.05) is 26.2 Å². The van der Waals surface area contributed by atoms with Gasteiger partial charge in [0.2, 0.25) is 15.9 Å². The largest absolute Gasteiger partial charge is 0.340 e. The van der Waals surface area contributed by atoms with Crippen LogP contribution in [0.2, 0.25) is 5.02 Å². The van der Waals surface area contributed by atoms with Crippen molar-refractivity contribution < 1.29 is 13.2 Å². The Kier molecular flexibility index (Phi) is 5.58. The summed E-state index contributed by atoms with van der Waals surface area (Å²) in [6.07, 6.45) is 0.308. The van der Waals surface area contributed by atoms with Crippen LogP contribution in [0.1, 0.15) is 5.56 Å². The van der Waals surface area contributed by atoms with Gasteiger partial charge in [0.05, 0.1) is 11.3 Å². The summed E-state index contributed by atoms with van der Waals surface area (Å²) in [5.74, 6) is 0.0150. The fraction of sp³-hybridized carbons (Fsp3) is 0.227. The molecule has 0 unspecified atom stereocenters. The molecule has 0 radical (unpaired) electrons. The monoisotopic (exact) mass is 428 g/mol. The molecule has 0 bridgehead atoms. The summed E-state index contributed by atoms with van der Waals surface area (Å²) in [6.45, 7) is 1.30. The first-order valence-electron chi connectivity index (χ1n) is 9.45. The van der Waals surface area contributed by atoms with E-state index in [0.29, 0.717) is 24.5 Å². The van der Waals surface area contributed by atoms with Crippen molar-refractivity contribution in [3.63, 3.8) is 0 Å². The molecule has 1 fully saturated rings. The van der Waals surface area contributed by atoms with Crippen LogP contribution in [0.4, 0.5) is 0 Å². The lowest BCUT2D eigenvalue weighted by Crippen LogP contribution is -2.50. The summed E-state index contributed by atoms with van der Waals surface area (Å²) in [6, 6.07) is 20.2. The zero-order valence-corrected chi connectivity index (χ0v) is 17.4. The number of hydrogen-bond acceptors (Lipinski definition) is 3. The minimum absolute atomic E-state index is 0.0150. The summed E-state index contributed by atoms with van der Waals surface area (Å²) in [7, 11) is -3.61. The molecule has 0 aromatic heterocycles. The summed E-state index contributed by atoms with van der Waals surface area (Å²) in [5, 5.41) is 2.57. The van der Waals surface area contributed by atoms with Gasteiger partial charge in [0, 0.05) is 31.2 Å². The second-order valence-corrected chi connectivity index (χ2v) is 9.43. The highest BCUT2D eigenvalue weighted by atomic mass is 35.5. The van der Waals surface area contributed by atoms with Gasteiger partial charge in [-0.3, -0.25) is 4.79 Å². The molecular weight excluding hydrogens is 408 g/mol. The number of amides is 1. The van der Waals surface area contributed by atoms with Crippen LogP contribution in [0.25, 0.3) is 10.8 Å². The normalized spacial score (nSPS) is 15.6. The van der Waals surface area contributed by atoms with Crippen molar-refractivity contribution in [3.8, 4) is 0 Å². The van der Waals surface area contributed by atoms with Crippen molar-refractivity contribution in [2.24, 2.45) is 0 Å². The number of rotatable bonds is 4. The van der Waals surface area contributed by atoms with Crippen LogP contribution in [0.15, 0.2) is 71.6 Å². The van der Waals surface area contributed by atoms with Crippen molar-refractivity contribution in [3.05, 3.63) is 77.3 Å². The maximum absolute atomic E-state index is 12.8.